The lowest BCUT2D eigenvalue weighted by Gasteiger charge is -2.13. The smallest absolute Gasteiger partial charge is 0.166 e. The summed E-state index contributed by atoms with van der Waals surface area (Å²) in [5.41, 5.74) is 0.429. The van der Waals surface area contributed by atoms with E-state index in [-0.39, 0.29) is 17.2 Å². The predicted octanol–water partition coefficient (Wildman–Crippen LogP) is 2.13. The SMILES string of the molecule is COc1cc(O)c(Cl)c(CC#N)c1OC. The van der Waals surface area contributed by atoms with E-state index in [0.717, 1.165) is 0 Å². The lowest BCUT2D eigenvalue weighted by molar-refractivity contribution is 0.349. The number of rotatable bonds is 3. The van der Waals surface area contributed by atoms with Crippen LogP contribution in [0.4, 0.5) is 0 Å². The van der Waals surface area contributed by atoms with Crippen LogP contribution in [0.25, 0.3) is 0 Å². The fourth-order valence-corrected chi connectivity index (χ4v) is 1.48. The van der Waals surface area contributed by atoms with Gasteiger partial charge >= 0.3 is 0 Å². The van der Waals surface area contributed by atoms with Gasteiger partial charge in [0.1, 0.15) is 5.75 Å². The first kappa shape index (κ1) is 11.5. The highest BCUT2D eigenvalue weighted by atomic mass is 35.5. The Hall–Kier alpha value is -1.60. The third kappa shape index (κ3) is 2.08. The average Bonchev–Trinajstić information content (AvgIpc) is 2.24. The zero-order valence-electron chi connectivity index (χ0n) is 8.37. The molecule has 0 heterocycles. The molecule has 0 bridgehead atoms. The molecule has 4 nitrogen and oxygen atoms in total. The molecule has 0 aromatic heterocycles. The molecule has 0 atom stereocenters. The van der Waals surface area contributed by atoms with E-state index in [9.17, 15) is 5.11 Å². The molecule has 1 aromatic carbocycles. The largest absolute Gasteiger partial charge is 0.506 e. The highest BCUT2D eigenvalue weighted by Crippen LogP contribution is 2.41. The number of nitriles is 1. The number of ether oxygens (including phenoxy) is 2. The number of phenols is 1. The van der Waals surface area contributed by atoms with Gasteiger partial charge in [-0.15, -0.1) is 0 Å². The van der Waals surface area contributed by atoms with Gasteiger partial charge in [-0.3, -0.25) is 0 Å². The molecule has 5 heteroatoms. The van der Waals surface area contributed by atoms with Gasteiger partial charge in [-0.25, -0.2) is 0 Å². The number of methoxy groups -OCH3 is 2. The average molecular weight is 228 g/mol. The molecule has 1 N–H and O–H groups in total. The van der Waals surface area contributed by atoms with E-state index >= 15 is 0 Å². The number of aromatic hydroxyl groups is 1. The van der Waals surface area contributed by atoms with Gasteiger partial charge in [-0.05, 0) is 0 Å². The van der Waals surface area contributed by atoms with Crippen LogP contribution in [0.2, 0.25) is 5.02 Å². The molecule has 1 aromatic rings. The Kier molecular flexibility index (Phi) is 3.64. The predicted molar refractivity (Wildman–Crippen MR) is 55.5 cm³/mol. The summed E-state index contributed by atoms with van der Waals surface area (Å²) < 4.78 is 10.1. The Bertz CT molecular complexity index is 412. The van der Waals surface area contributed by atoms with Crippen LogP contribution in [-0.2, 0) is 6.42 Å². The molecule has 0 spiro atoms. The van der Waals surface area contributed by atoms with Gasteiger partial charge in [0.15, 0.2) is 11.5 Å². The van der Waals surface area contributed by atoms with Crippen molar-refractivity contribution in [2.24, 2.45) is 0 Å². The monoisotopic (exact) mass is 227 g/mol. The van der Waals surface area contributed by atoms with Crippen LogP contribution in [0, 0.1) is 11.3 Å². The van der Waals surface area contributed by atoms with E-state index < -0.39 is 0 Å². The van der Waals surface area contributed by atoms with Crippen molar-refractivity contribution >= 4 is 11.6 Å². The number of hydrogen-bond donors (Lipinski definition) is 1. The van der Waals surface area contributed by atoms with E-state index in [1.54, 1.807) is 0 Å². The summed E-state index contributed by atoms with van der Waals surface area (Å²) in [6.07, 6.45) is 0.0484. The van der Waals surface area contributed by atoms with Crippen molar-refractivity contribution in [2.45, 2.75) is 6.42 Å². The van der Waals surface area contributed by atoms with Crippen molar-refractivity contribution in [3.63, 3.8) is 0 Å². The van der Waals surface area contributed by atoms with Gasteiger partial charge < -0.3 is 14.6 Å². The van der Waals surface area contributed by atoms with Crippen LogP contribution < -0.4 is 9.47 Å². The summed E-state index contributed by atoms with van der Waals surface area (Å²) in [6.45, 7) is 0. The fourth-order valence-electron chi connectivity index (χ4n) is 1.27. The fraction of sp³-hybridized carbons (Fsp3) is 0.300. The Labute approximate surface area is 92.6 Å². The van der Waals surface area contributed by atoms with Crippen molar-refractivity contribution in [3.8, 4) is 23.3 Å². The molecule has 80 valence electrons. The Morgan fingerprint density at radius 3 is 2.60 bits per heavy atom. The minimum atomic E-state index is -0.125. The summed E-state index contributed by atoms with van der Waals surface area (Å²) in [6, 6.07) is 3.30. The molecule has 0 saturated heterocycles. The van der Waals surface area contributed by atoms with Crippen LogP contribution >= 0.6 is 11.6 Å². The van der Waals surface area contributed by atoms with E-state index in [0.29, 0.717) is 17.1 Å². The standard InChI is InChI=1S/C10H10ClNO3/c1-14-8-5-7(13)9(11)6(3-4-12)10(8)15-2/h5,13H,3H2,1-2H3. The zero-order valence-corrected chi connectivity index (χ0v) is 9.13. The molecule has 0 fully saturated rings. The van der Waals surface area contributed by atoms with Crippen LogP contribution in [0.15, 0.2) is 6.07 Å². The first-order valence-corrected chi connectivity index (χ1v) is 4.52. The Morgan fingerprint density at radius 2 is 2.13 bits per heavy atom. The molecule has 0 aliphatic carbocycles. The number of benzene rings is 1. The maximum absolute atomic E-state index is 9.48. The van der Waals surface area contributed by atoms with Crippen LogP contribution in [-0.4, -0.2) is 19.3 Å². The minimum absolute atomic E-state index is 0.0484. The van der Waals surface area contributed by atoms with Gasteiger partial charge in [0.05, 0.1) is 31.7 Å². The number of hydrogen-bond acceptors (Lipinski definition) is 4. The first-order chi connectivity index (χ1) is 7.15. The van der Waals surface area contributed by atoms with Crippen molar-refractivity contribution in [3.05, 3.63) is 16.7 Å². The van der Waals surface area contributed by atoms with Gasteiger partial charge in [0.25, 0.3) is 0 Å². The summed E-state index contributed by atoms with van der Waals surface area (Å²) in [5.74, 6) is 0.603. The Balaban J connectivity index is 3.43. The van der Waals surface area contributed by atoms with E-state index in [4.69, 9.17) is 26.3 Å². The molecule has 0 amide bonds. The van der Waals surface area contributed by atoms with Gasteiger partial charge in [0, 0.05) is 11.6 Å². The highest BCUT2D eigenvalue weighted by molar-refractivity contribution is 6.33. The quantitative estimate of drug-likeness (QED) is 0.859. The third-order valence-electron chi connectivity index (χ3n) is 1.94. The zero-order chi connectivity index (χ0) is 11.4. The molecule has 0 radical (unpaired) electrons. The third-order valence-corrected chi connectivity index (χ3v) is 2.36. The maximum Gasteiger partial charge on any atom is 0.166 e. The van der Waals surface area contributed by atoms with Gasteiger partial charge in [-0.1, -0.05) is 11.6 Å². The molecule has 0 saturated carbocycles. The number of halogens is 1. The molecular weight excluding hydrogens is 218 g/mol. The summed E-state index contributed by atoms with van der Waals surface area (Å²) in [4.78, 5) is 0. The first-order valence-electron chi connectivity index (χ1n) is 4.15. The summed E-state index contributed by atoms with van der Waals surface area (Å²) >= 11 is 5.85. The summed E-state index contributed by atoms with van der Waals surface area (Å²) in [7, 11) is 2.90. The lowest BCUT2D eigenvalue weighted by Crippen LogP contribution is -1.97. The minimum Gasteiger partial charge on any atom is -0.506 e. The van der Waals surface area contributed by atoms with Crippen LogP contribution in [0.3, 0.4) is 0 Å². The number of nitrogens with zero attached hydrogens (tertiary/aromatic N) is 1. The Morgan fingerprint density at radius 1 is 1.47 bits per heavy atom. The van der Waals surface area contributed by atoms with E-state index in [1.807, 2.05) is 6.07 Å². The molecule has 1 rings (SSSR count). The normalized spacial score (nSPS) is 9.47. The lowest BCUT2D eigenvalue weighted by atomic mass is 10.1. The topological polar surface area (TPSA) is 62.5 Å². The van der Waals surface area contributed by atoms with Crippen molar-refractivity contribution < 1.29 is 14.6 Å². The van der Waals surface area contributed by atoms with E-state index in [1.165, 1.54) is 20.3 Å². The van der Waals surface area contributed by atoms with Crippen LogP contribution in [0.5, 0.6) is 17.2 Å². The van der Waals surface area contributed by atoms with Crippen molar-refractivity contribution in [2.75, 3.05) is 14.2 Å². The number of phenolic OH excluding ortho intramolecular Hbond substituents is 1. The van der Waals surface area contributed by atoms with Crippen molar-refractivity contribution in [1.82, 2.24) is 0 Å². The highest BCUT2D eigenvalue weighted by Gasteiger charge is 2.17. The second-order valence-electron chi connectivity index (χ2n) is 2.76. The molecule has 0 aliphatic heterocycles. The van der Waals surface area contributed by atoms with Crippen LogP contribution in [0.1, 0.15) is 5.56 Å². The van der Waals surface area contributed by atoms with Crippen molar-refractivity contribution in [1.29, 1.82) is 5.26 Å². The molecule has 0 aliphatic rings. The van der Waals surface area contributed by atoms with E-state index in [2.05, 4.69) is 0 Å². The second-order valence-corrected chi connectivity index (χ2v) is 3.14. The molecular formula is C10H10ClNO3. The molecule has 0 unspecified atom stereocenters. The summed E-state index contributed by atoms with van der Waals surface area (Å²) in [5, 5.41) is 18.2. The maximum atomic E-state index is 9.48. The van der Waals surface area contributed by atoms with Gasteiger partial charge in [0.2, 0.25) is 0 Å². The van der Waals surface area contributed by atoms with Gasteiger partial charge in [-0.2, -0.15) is 5.26 Å². The molecule has 15 heavy (non-hydrogen) atoms. The second kappa shape index (κ2) is 4.76.